The van der Waals surface area contributed by atoms with Gasteiger partial charge in [0.05, 0.1) is 6.10 Å². The van der Waals surface area contributed by atoms with Crippen molar-refractivity contribution in [2.24, 2.45) is 11.8 Å². The van der Waals surface area contributed by atoms with Gasteiger partial charge < -0.3 is 10.0 Å². The van der Waals surface area contributed by atoms with Crippen LogP contribution in [0.3, 0.4) is 0 Å². The highest BCUT2D eigenvalue weighted by atomic mass is 16.3. The van der Waals surface area contributed by atoms with Gasteiger partial charge in [0.1, 0.15) is 0 Å². The second-order valence-corrected chi connectivity index (χ2v) is 6.13. The fourth-order valence-electron chi connectivity index (χ4n) is 1.68. The molecule has 0 rings (SSSR count). The summed E-state index contributed by atoms with van der Waals surface area (Å²) in [5.41, 5.74) is 0. The van der Waals surface area contributed by atoms with E-state index in [0.717, 1.165) is 25.9 Å². The van der Waals surface area contributed by atoms with Crippen molar-refractivity contribution in [3.05, 3.63) is 0 Å². The molecule has 0 aliphatic heterocycles. The van der Waals surface area contributed by atoms with Crippen LogP contribution in [0.15, 0.2) is 0 Å². The minimum atomic E-state index is -0.383. The van der Waals surface area contributed by atoms with Crippen molar-refractivity contribution in [2.75, 3.05) is 13.1 Å². The molecule has 0 aromatic heterocycles. The van der Waals surface area contributed by atoms with Gasteiger partial charge in [0.15, 0.2) is 0 Å². The summed E-state index contributed by atoms with van der Waals surface area (Å²) in [4.78, 5) is 14.1. The third-order valence-electron chi connectivity index (χ3n) is 3.08. The molecule has 0 spiro atoms. The fourth-order valence-corrected chi connectivity index (χ4v) is 1.68. The highest BCUT2D eigenvalue weighted by Gasteiger charge is 2.14. The van der Waals surface area contributed by atoms with Crippen LogP contribution in [0.1, 0.15) is 60.3 Å². The topological polar surface area (TPSA) is 40.5 Å². The van der Waals surface area contributed by atoms with Gasteiger partial charge in [-0.25, -0.2) is 0 Å². The zero-order valence-corrected chi connectivity index (χ0v) is 12.8. The highest BCUT2D eigenvalue weighted by molar-refractivity contribution is 5.76. The second-order valence-electron chi connectivity index (χ2n) is 6.13. The van der Waals surface area contributed by atoms with Crippen LogP contribution in [0.2, 0.25) is 0 Å². The van der Waals surface area contributed by atoms with E-state index in [1.165, 1.54) is 0 Å². The van der Waals surface area contributed by atoms with Crippen molar-refractivity contribution in [1.82, 2.24) is 4.90 Å². The number of aliphatic hydroxyl groups is 1. The van der Waals surface area contributed by atoms with Gasteiger partial charge >= 0.3 is 0 Å². The maximum Gasteiger partial charge on any atom is 0.222 e. The third-order valence-corrected chi connectivity index (χ3v) is 3.08. The first-order chi connectivity index (χ1) is 8.32. The minimum Gasteiger partial charge on any atom is -0.393 e. The van der Waals surface area contributed by atoms with Crippen molar-refractivity contribution in [1.29, 1.82) is 0 Å². The Morgan fingerprint density at radius 3 is 1.72 bits per heavy atom. The Labute approximate surface area is 113 Å². The predicted octanol–water partition coefficient (Wildman–Crippen LogP) is 3.07. The molecule has 0 aromatic rings. The number of hydrogen-bond donors (Lipinski definition) is 1. The molecule has 18 heavy (non-hydrogen) atoms. The predicted molar refractivity (Wildman–Crippen MR) is 76.4 cm³/mol. The molecule has 0 aromatic carbocycles. The molecule has 0 radical (unpaired) electrons. The van der Waals surface area contributed by atoms with E-state index in [1.54, 1.807) is 6.92 Å². The molecule has 0 heterocycles. The summed E-state index contributed by atoms with van der Waals surface area (Å²) in [5.74, 6) is 1.43. The van der Waals surface area contributed by atoms with Crippen LogP contribution in [0.25, 0.3) is 0 Å². The molecule has 1 unspecified atom stereocenters. The van der Waals surface area contributed by atoms with Crippen LogP contribution < -0.4 is 0 Å². The van der Waals surface area contributed by atoms with Gasteiger partial charge in [-0.2, -0.15) is 0 Å². The zero-order chi connectivity index (χ0) is 14.1. The summed E-state index contributed by atoms with van der Waals surface area (Å²) < 4.78 is 0. The van der Waals surface area contributed by atoms with Gasteiger partial charge in [-0.1, -0.05) is 27.7 Å². The lowest BCUT2D eigenvalue weighted by molar-refractivity contribution is -0.132. The van der Waals surface area contributed by atoms with E-state index < -0.39 is 0 Å². The maximum atomic E-state index is 12.1. The average Bonchev–Trinajstić information content (AvgIpc) is 2.25. The van der Waals surface area contributed by atoms with Crippen LogP contribution in [0.5, 0.6) is 0 Å². The summed E-state index contributed by atoms with van der Waals surface area (Å²) >= 11 is 0. The van der Waals surface area contributed by atoms with E-state index in [1.807, 2.05) is 4.90 Å². The monoisotopic (exact) mass is 257 g/mol. The molecular formula is C15H31NO2. The Kier molecular flexibility index (Phi) is 9.08. The number of amides is 1. The number of hydrogen-bond acceptors (Lipinski definition) is 2. The second kappa shape index (κ2) is 9.37. The van der Waals surface area contributed by atoms with Crippen LogP contribution in [0, 0.1) is 11.8 Å². The van der Waals surface area contributed by atoms with Gasteiger partial charge in [0.2, 0.25) is 5.91 Å². The summed E-state index contributed by atoms with van der Waals surface area (Å²) in [5, 5.41) is 9.25. The van der Waals surface area contributed by atoms with Gasteiger partial charge in [-0.15, -0.1) is 0 Å². The summed E-state index contributed by atoms with van der Waals surface area (Å²) in [6.07, 6.45) is 2.76. The Morgan fingerprint density at radius 1 is 0.944 bits per heavy atom. The lowest BCUT2D eigenvalue weighted by Gasteiger charge is -2.25. The van der Waals surface area contributed by atoms with Crippen molar-refractivity contribution >= 4 is 5.91 Å². The van der Waals surface area contributed by atoms with Crippen LogP contribution >= 0.6 is 0 Å². The van der Waals surface area contributed by atoms with Crippen molar-refractivity contribution < 1.29 is 9.90 Å². The Hall–Kier alpha value is -0.570. The molecule has 0 aliphatic carbocycles. The lowest BCUT2D eigenvalue weighted by atomic mass is 10.1. The quantitative estimate of drug-likeness (QED) is 0.689. The average molecular weight is 257 g/mol. The Bertz CT molecular complexity index is 213. The van der Waals surface area contributed by atoms with E-state index >= 15 is 0 Å². The number of carbonyl (C=O) groups is 1. The van der Waals surface area contributed by atoms with Crippen LogP contribution in [0.4, 0.5) is 0 Å². The normalized spacial score (nSPS) is 13.1. The Balaban J connectivity index is 4.20. The zero-order valence-electron chi connectivity index (χ0n) is 12.8. The first kappa shape index (κ1) is 17.4. The number of carbonyl (C=O) groups excluding carboxylic acids is 1. The van der Waals surface area contributed by atoms with Crippen molar-refractivity contribution in [3.63, 3.8) is 0 Å². The smallest absolute Gasteiger partial charge is 0.222 e. The molecule has 3 nitrogen and oxygen atoms in total. The fraction of sp³-hybridized carbons (Fsp3) is 0.933. The number of rotatable bonds is 9. The van der Waals surface area contributed by atoms with Crippen molar-refractivity contribution in [2.45, 2.75) is 66.4 Å². The molecule has 1 N–H and O–H groups in total. The molecule has 1 amide bonds. The van der Waals surface area contributed by atoms with E-state index in [-0.39, 0.29) is 12.0 Å². The first-order valence-corrected chi connectivity index (χ1v) is 7.28. The molecule has 108 valence electrons. The summed E-state index contributed by atoms with van der Waals surface area (Å²) in [6, 6.07) is 0. The highest BCUT2D eigenvalue weighted by Crippen LogP contribution is 2.09. The minimum absolute atomic E-state index is 0.192. The third kappa shape index (κ3) is 9.46. The van der Waals surface area contributed by atoms with Gasteiger partial charge in [-0.05, 0) is 38.0 Å². The molecule has 0 fully saturated rings. The molecule has 3 heteroatoms. The van der Waals surface area contributed by atoms with Gasteiger partial charge in [0, 0.05) is 19.5 Å². The number of aliphatic hydroxyl groups excluding tert-OH is 1. The lowest BCUT2D eigenvalue weighted by Crippen LogP contribution is -2.34. The molecule has 0 saturated heterocycles. The molecule has 0 bridgehead atoms. The van der Waals surface area contributed by atoms with E-state index in [4.69, 9.17) is 0 Å². The molecule has 0 saturated carbocycles. The van der Waals surface area contributed by atoms with E-state index in [0.29, 0.717) is 24.7 Å². The Morgan fingerprint density at radius 2 is 1.39 bits per heavy atom. The maximum absolute atomic E-state index is 12.1. The van der Waals surface area contributed by atoms with Crippen LogP contribution in [-0.2, 0) is 4.79 Å². The first-order valence-electron chi connectivity index (χ1n) is 7.28. The SMILES string of the molecule is CC(C)CCN(CCC(C)C)C(=O)CCC(C)O. The van der Waals surface area contributed by atoms with E-state index in [9.17, 15) is 9.90 Å². The molecule has 1 atom stereocenters. The molecule has 0 aliphatic rings. The standard InChI is InChI=1S/C15H31NO2/c1-12(2)8-10-16(11-9-13(3)4)15(18)7-6-14(5)17/h12-14,17H,6-11H2,1-5H3. The van der Waals surface area contributed by atoms with Gasteiger partial charge in [-0.3, -0.25) is 4.79 Å². The summed E-state index contributed by atoms with van der Waals surface area (Å²) in [6.45, 7) is 12.2. The summed E-state index contributed by atoms with van der Waals surface area (Å²) in [7, 11) is 0. The number of nitrogens with zero attached hydrogens (tertiary/aromatic N) is 1. The van der Waals surface area contributed by atoms with Gasteiger partial charge in [0.25, 0.3) is 0 Å². The van der Waals surface area contributed by atoms with E-state index in [2.05, 4.69) is 27.7 Å². The largest absolute Gasteiger partial charge is 0.393 e. The molecular weight excluding hydrogens is 226 g/mol. The van der Waals surface area contributed by atoms with Crippen molar-refractivity contribution in [3.8, 4) is 0 Å². The van der Waals surface area contributed by atoms with Crippen LogP contribution in [-0.4, -0.2) is 35.1 Å².